The van der Waals surface area contributed by atoms with Crippen LogP contribution in [0.25, 0.3) is 33.3 Å². The van der Waals surface area contributed by atoms with E-state index in [1.165, 1.54) is 11.7 Å². The van der Waals surface area contributed by atoms with Gasteiger partial charge in [-0.05, 0) is 107 Å². The second-order valence-corrected chi connectivity index (χ2v) is 11.8. The molecule has 0 amide bonds. The zero-order valence-corrected chi connectivity index (χ0v) is 26.3. The Labute approximate surface area is 278 Å². The molecular formula is C42H30N4S. The Morgan fingerprint density at radius 3 is 0.894 bits per heavy atom. The molecule has 8 rings (SSSR count). The number of hydrogen-bond donors (Lipinski definition) is 0. The van der Waals surface area contributed by atoms with Crippen LogP contribution in [-0.4, -0.2) is 8.75 Å². The van der Waals surface area contributed by atoms with Gasteiger partial charge in [-0.15, -0.1) is 0 Å². The molecule has 0 spiro atoms. The maximum atomic E-state index is 4.58. The van der Waals surface area contributed by atoms with E-state index in [0.717, 1.165) is 67.4 Å². The first-order valence-corrected chi connectivity index (χ1v) is 16.3. The molecule has 0 saturated heterocycles. The fraction of sp³-hybridized carbons (Fsp3) is 0. The fourth-order valence-corrected chi connectivity index (χ4v) is 6.60. The van der Waals surface area contributed by atoms with Gasteiger partial charge in [-0.25, -0.2) is 0 Å². The summed E-state index contributed by atoms with van der Waals surface area (Å²) >= 11 is 1.25. The summed E-state index contributed by atoms with van der Waals surface area (Å²) in [7, 11) is 0. The Bertz CT molecular complexity index is 1980. The van der Waals surface area contributed by atoms with E-state index in [2.05, 4.69) is 176 Å². The summed E-state index contributed by atoms with van der Waals surface area (Å²) in [6.07, 6.45) is 0. The summed E-state index contributed by atoms with van der Waals surface area (Å²) < 4.78 is 9.17. The summed E-state index contributed by atoms with van der Waals surface area (Å²) in [5, 5.41) is 0. The van der Waals surface area contributed by atoms with Gasteiger partial charge in [0.25, 0.3) is 0 Å². The highest BCUT2D eigenvalue weighted by Crippen LogP contribution is 2.40. The maximum absolute atomic E-state index is 4.58. The zero-order chi connectivity index (χ0) is 31.4. The Hall–Kier alpha value is -6.04. The standard InChI is InChI=1S/C42H30N4S/c1-5-13-33(14-6-1)45(34-15-7-2-8-16-34)37-25-21-31(22-26-37)39-29-41-42(44-47-43-41)30-40(39)32-23-27-38(28-24-32)46(35-17-9-3-10-18-35)36-19-11-4-12-20-36/h1-30H. The van der Waals surface area contributed by atoms with E-state index in [1.54, 1.807) is 0 Å². The van der Waals surface area contributed by atoms with Crippen LogP contribution in [0.5, 0.6) is 0 Å². The predicted molar refractivity (Wildman–Crippen MR) is 198 cm³/mol. The summed E-state index contributed by atoms with van der Waals surface area (Å²) in [4.78, 5) is 4.56. The molecule has 0 atom stereocenters. The van der Waals surface area contributed by atoms with Crippen molar-refractivity contribution in [1.82, 2.24) is 8.75 Å². The van der Waals surface area contributed by atoms with E-state index in [-0.39, 0.29) is 0 Å². The molecule has 8 aromatic rings. The molecule has 0 N–H and O–H groups in total. The van der Waals surface area contributed by atoms with Crippen molar-refractivity contribution in [1.29, 1.82) is 0 Å². The van der Waals surface area contributed by atoms with Crippen molar-refractivity contribution in [2.45, 2.75) is 0 Å². The van der Waals surface area contributed by atoms with E-state index in [4.69, 9.17) is 0 Å². The first-order valence-electron chi connectivity index (χ1n) is 15.6. The van der Waals surface area contributed by atoms with Gasteiger partial charge in [-0.3, -0.25) is 0 Å². The average molecular weight is 623 g/mol. The van der Waals surface area contributed by atoms with Gasteiger partial charge < -0.3 is 9.80 Å². The summed E-state index contributed by atoms with van der Waals surface area (Å²) in [6.45, 7) is 0. The Kier molecular flexibility index (Phi) is 7.72. The third-order valence-electron chi connectivity index (χ3n) is 8.32. The van der Waals surface area contributed by atoms with Gasteiger partial charge in [-0.2, -0.15) is 8.75 Å². The fourth-order valence-electron chi connectivity index (χ4n) is 6.09. The Balaban J connectivity index is 1.19. The topological polar surface area (TPSA) is 32.3 Å². The minimum absolute atomic E-state index is 0.906. The SMILES string of the molecule is c1ccc(N(c2ccccc2)c2ccc(-c3cc4nsnc4cc3-c3ccc(N(c4ccccc4)c4ccccc4)cc3)cc2)cc1. The molecule has 0 aliphatic heterocycles. The third-order valence-corrected chi connectivity index (χ3v) is 8.88. The minimum atomic E-state index is 0.906. The molecule has 4 nitrogen and oxygen atoms in total. The first-order chi connectivity index (χ1) is 23.3. The molecule has 0 aliphatic rings. The molecule has 0 unspecified atom stereocenters. The average Bonchev–Trinajstić information content (AvgIpc) is 3.62. The molecule has 7 aromatic carbocycles. The lowest BCUT2D eigenvalue weighted by Crippen LogP contribution is -2.09. The second-order valence-electron chi connectivity index (χ2n) is 11.3. The van der Waals surface area contributed by atoms with Gasteiger partial charge in [0.1, 0.15) is 11.0 Å². The number of rotatable bonds is 8. The quantitative estimate of drug-likeness (QED) is 0.169. The molecule has 0 radical (unpaired) electrons. The minimum Gasteiger partial charge on any atom is -0.311 e. The van der Waals surface area contributed by atoms with Crippen LogP contribution in [-0.2, 0) is 0 Å². The van der Waals surface area contributed by atoms with Crippen molar-refractivity contribution in [2.75, 3.05) is 9.80 Å². The normalized spacial score (nSPS) is 11.0. The number of aromatic nitrogens is 2. The Morgan fingerprint density at radius 1 is 0.319 bits per heavy atom. The van der Waals surface area contributed by atoms with E-state index in [9.17, 15) is 0 Å². The van der Waals surface area contributed by atoms with Gasteiger partial charge in [-0.1, -0.05) is 97.1 Å². The van der Waals surface area contributed by atoms with E-state index < -0.39 is 0 Å². The van der Waals surface area contributed by atoms with Crippen LogP contribution in [0, 0.1) is 0 Å². The van der Waals surface area contributed by atoms with Crippen molar-refractivity contribution in [3.8, 4) is 22.3 Å². The highest BCUT2D eigenvalue weighted by Gasteiger charge is 2.17. The third kappa shape index (κ3) is 5.76. The highest BCUT2D eigenvalue weighted by atomic mass is 32.1. The molecular weight excluding hydrogens is 593 g/mol. The summed E-state index contributed by atoms with van der Waals surface area (Å²) in [6, 6.07) is 63.9. The highest BCUT2D eigenvalue weighted by molar-refractivity contribution is 7.00. The molecule has 0 bridgehead atoms. The number of nitrogens with zero attached hydrogens (tertiary/aromatic N) is 4. The lowest BCUT2D eigenvalue weighted by Gasteiger charge is -2.26. The predicted octanol–water partition coefficient (Wildman–Crippen LogP) is 12.0. The van der Waals surface area contributed by atoms with E-state index >= 15 is 0 Å². The molecule has 224 valence electrons. The van der Waals surface area contributed by atoms with Crippen LogP contribution < -0.4 is 9.80 Å². The van der Waals surface area contributed by atoms with Crippen molar-refractivity contribution >= 4 is 56.9 Å². The smallest absolute Gasteiger partial charge is 0.105 e. The van der Waals surface area contributed by atoms with Crippen molar-refractivity contribution in [3.63, 3.8) is 0 Å². The van der Waals surface area contributed by atoms with Gasteiger partial charge in [0, 0.05) is 34.1 Å². The number of benzene rings is 7. The number of fused-ring (bicyclic) bond motifs is 1. The lowest BCUT2D eigenvalue weighted by atomic mass is 9.93. The molecule has 0 aliphatic carbocycles. The molecule has 0 fully saturated rings. The Morgan fingerprint density at radius 2 is 0.596 bits per heavy atom. The van der Waals surface area contributed by atoms with Gasteiger partial charge in [0.15, 0.2) is 0 Å². The van der Waals surface area contributed by atoms with E-state index in [0.29, 0.717) is 0 Å². The van der Waals surface area contributed by atoms with Crippen molar-refractivity contribution in [2.24, 2.45) is 0 Å². The van der Waals surface area contributed by atoms with Crippen LogP contribution in [0.1, 0.15) is 0 Å². The monoisotopic (exact) mass is 622 g/mol. The summed E-state index contributed by atoms with van der Waals surface area (Å²) in [5.41, 5.74) is 12.9. The summed E-state index contributed by atoms with van der Waals surface area (Å²) in [5.74, 6) is 0. The number of hydrogen-bond acceptors (Lipinski definition) is 5. The van der Waals surface area contributed by atoms with Crippen LogP contribution in [0.4, 0.5) is 34.1 Å². The van der Waals surface area contributed by atoms with Crippen molar-refractivity contribution in [3.05, 3.63) is 182 Å². The van der Waals surface area contributed by atoms with Gasteiger partial charge in [0.2, 0.25) is 0 Å². The first kappa shape index (κ1) is 28.4. The number of para-hydroxylation sites is 4. The number of anilines is 6. The largest absolute Gasteiger partial charge is 0.311 e. The molecule has 1 heterocycles. The maximum Gasteiger partial charge on any atom is 0.105 e. The van der Waals surface area contributed by atoms with Gasteiger partial charge >= 0.3 is 0 Å². The zero-order valence-electron chi connectivity index (χ0n) is 25.5. The van der Waals surface area contributed by atoms with Crippen molar-refractivity contribution < 1.29 is 0 Å². The second kappa shape index (κ2) is 12.8. The molecule has 0 saturated carbocycles. The molecule has 1 aromatic heterocycles. The van der Waals surface area contributed by atoms with Crippen LogP contribution >= 0.6 is 11.7 Å². The van der Waals surface area contributed by atoms with Gasteiger partial charge in [0.05, 0.1) is 11.7 Å². The molecule has 47 heavy (non-hydrogen) atoms. The van der Waals surface area contributed by atoms with Crippen LogP contribution in [0.15, 0.2) is 182 Å². The lowest BCUT2D eigenvalue weighted by molar-refractivity contribution is 1.28. The van der Waals surface area contributed by atoms with E-state index in [1.807, 2.05) is 24.3 Å². The molecule has 5 heteroatoms. The van der Waals surface area contributed by atoms with Crippen LogP contribution in [0.3, 0.4) is 0 Å². The van der Waals surface area contributed by atoms with Crippen LogP contribution in [0.2, 0.25) is 0 Å².